The predicted octanol–water partition coefficient (Wildman–Crippen LogP) is 12.3. The van der Waals surface area contributed by atoms with Gasteiger partial charge in [0.25, 0.3) is 0 Å². The molecule has 3 aliphatic rings. The lowest BCUT2D eigenvalue weighted by atomic mass is 9.64. The lowest BCUT2D eigenvalue weighted by molar-refractivity contribution is 0.667. The van der Waals surface area contributed by atoms with E-state index in [1.165, 1.54) is 91.7 Å². The molecule has 3 aliphatic heterocycles. The molecule has 4 heterocycles. The van der Waals surface area contributed by atoms with Crippen LogP contribution in [0.5, 0.6) is 0 Å². The van der Waals surface area contributed by atoms with Gasteiger partial charge in [0, 0.05) is 48.3 Å². The number of fused-ring (bicyclic) bond motifs is 11. The second kappa shape index (κ2) is 11.7. The van der Waals surface area contributed by atoms with E-state index in [4.69, 9.17) is 0 Å². The molecule has 0 saturated carbocycles. The maximum absolute atomic E-state index is 3.58. The van der Waals surface area contributed by atoms with E-state index in [1.54, 1.807) is 0 Å². The molecule has 0 aliphatic carbocycles. The molecule has 0 fully saturated rings. The van der Waals surface area contributed by atoms with E-state index < -0.39 is 5.41 Å². The summed E-state index contributed by atoms with van der Waals surface area (Å²) >= 11 is 3.80. The van der Waals surface area contributed by atoms with E-state index in [-0.39, 0.29) is 0 Å². The fourth-order valence-electron chi connectivity index (χ4n) is 8.78. The van der Waals surface area contributed by atoms with Crippen LogP contribution < -0.4 is 5.32 Å². The first-order valence-electron chi connectivity index (χ1n) is 17.8. The molecular formula is C48H32N2S2. The Morgan fingerprint density at radius 2 is 1.13 bits per heavy atom. The van der Waals surface area contributed by atoms with Crippen molar-refractivity contribution >= 4 is 51.0 Å². The zero-order chi connectivity index (χ0) is 34.2. The molecule has 1 spiro atoms. The highest BCUT2D eigenvalue weighted by atomic mass is 32.2. The zero-order valence-corrected chi connectivity index (χ0v) is 29.8. The zero-order valence-electron chi connectivity index (χ0n) is 28.2. The highest BCUT2D eigenvalue weighted by Crippen LogP contribution is 2.62. The standard InChI is InChI=1S/C48H32N2S2/c1-2-13-33(14-3-1)50-41-20-7-4-15-35(41)47-34(16-12-21-42(47)50)31-24-26-38-45(29-31)51-43-22-8-5-17-36(43)48(38)37-18-6-9-23-44(37)52-46-30-32(25-27-39(46)48)40-19-10-11-28-49-40/h1-27,29-30,49H,28H2. The first-order valence-corrected chi connectivity index (χ1v) is 19.5. The molecule has 1 N–H and O–H groups in total. The van der Waals surface area contributed by atoms with Gasteiger partial charge >= 0.3 is 0 Å². The summed E-state index contributed by atoms with van der Waals surface area (Å²) in [5, 5.41) is 6.14. The van der Waals surface area contributed by atoms with Gasteiger partial charge in [0.15, 0.2) is 0 Å². The predicted molar refractivity (Wildman–Crippen MR) is 218 cm³/mol. The van der Waals surface area contributed by atoms with Crippen molar-refractivity contribution in [1.82, 2.24) is 9.88 Å². The highest BCUT2D eigenvalue weighted by molar-refractivity contribution is 8.00. The first-order chi connectivity index (χ1) is 25.8. The topological polar surface area (TPSA) is 17.0 Å². The molecule has 8 aromatic rings. The number of dihydropyridines is 1. The summed E-state index contributed by atoms with van der Waals surface area (Å²) in [6.45, 7) is 0.851. The van der Waals surface area contributed by atoms with E-state index in [0.29, 0.717) is 0 Å². The number of aromatic nitrogens is 1. The molecule has 11 rings (SSSR count). The number of hydrogen-bond acceptors (Lipinski definition) is 3. The van der Waals surface area contributed by atoms with Crippen LogP contribution in [0.2, 0.25) is 0 Å². The highest BCUT2D eigenvalue weighted by Gasteiger charge is 2.48. The Bertz CT molecular complexity index is 2800. The van der Waals surface area contributed by atoms with Crippen molar-refractivity contribution in [3.8, 4) is 16.8 Å². The minimum atomic E-state index is -0.449. The Morgan fingerprint density at radius 3 is 1.87 bits per heavy atom. The van der Waals surface area contributed by atoms with Gasteiger partial charge < -0.3 is 9.88 Å². The van der Waals surface area contributed by atoms with Crippen LogP contribution in [0, 0.1) is 0 Å². The van der Waals surface area contributed by atoms with Gasteiger partial charge in [0.05, 0.1) is 16.4 Å². The molecule has 0 saturated heterocycles. The maximum Gasteiger partial charge on any atom is 0.0745 e. The molecular weight excluding hydrogens is 669 g/mol. The molecule has 1 unspecified atom stereocenters. The van der Waals surface area contributed by atoms with Crippen LogP contribution in [0.15, 0.2) is 196 Å². The second-order valence-electron chi connectivity index (χ2n) is 13.6. The third-order valence-corrected chi connectivity index (χ3v) is 13.2. The largest absolute Gasteiger partial charge is 0.381 e. The number of nitrogens with one attached hydrogen (secondary N) is 1. The fraction of sp³-hybridized carbons (Fsp3) is 0.0417. The van der Waals surface area contributed by atoms with E-state index >= 15 is 0 Å². The van der Waals surface area contributed by atoms with Crippen LogP contribution >= 0.6 is 23.5 Å². The monoisotopic (exact) mass is 700 g/mol. The normalized spacial score (nSPS) is 16.9. The van der Waals surface area contributed by atoms with Crippen molar-refractivity contribution in [1.29, 1.82) is 0 Å². The smallest absolute Gasteiger partial charge is 0.0745 e. The van der Waals surface area contributed by atoms with Crippen LogP contribution in [0.4, 0.5) is 0 Å². The van der Waals surface area contributed by atoms with Crippen LogP contribution in [-0.2, 0) is 5.41 Å². The number of nitrogens with zero attached hydrogens (tertiary/aromatic N) is 1. The van der Waals surface area contributed by atoms with Gasteiger partial charge in [-0.25, -0.2) is 0 Å². The van der Waals surface area contributed by atoms with E-state index in [9.17, 15) is 0 Å². The second-order valence-corrected chi connectivity index (χ2v) is 15.8. The number of allylic oxidation sites excluding steroid dienone is 2. The Labute approximate surface area is 311 Å². The van der Waals surface area contributed by atoms with Crippen LogP contribution in [0.1, 0.15) is 27.8 Å². The van der Waals surface area contributed by atoms with Gasteiger partial charge in [0.1, 0.15) is 0 Å². The molecule has 0 amide bonds. The Balaban J connectivity index is 1.16. The molecule has 7 aromatic carbocycles. The third-order valence-electron chi connectivity index (χ3n) is 10.9. The fourth-order valence-corrected chi connectivity index (χ4v) is 11.2. The molecule has 1 atom stereocenters. The van der Waals surface area contributed by atoms with Crippen molar-refractivity contribution in [2.24, 2.45) is 0 Å². The van der Waals surface area contributed by atoms with Crippen molar-refractivity contribution in [2.45, 2.75) is 25.0 Å². The summed E-state index contributed by atoms with van der Waals surface area (Å²) in [6.07, 6.45) is 6.49. The molecule has 0 radical (unpaired) electrons. The summed E-state index contributed by atoms with van der Waals surface area (Å²) in [4.78, 5) is 5.24. The Kier molecular flexibility index (Phi) is 6.73. The Morgan fingerprint density at radius 1 is 0.519 bits per heavy atom. The summed E-state index contributed by atoms with van der Waals surface area (Å²) in [5.41, 5.74) is 13.5. The lowest BCUT2D eigenvalue weighted by Gasteiger charge is -2.45. The molecule has 246 valence electrons. The van der Waals surface area contributed by atoms with E-state index in [2.05, 4.69) is 186 Å². The number of rotatable bonds is 3. The lowest BCUT2D eigenvalue weighted by Crippen LogP contribution is -2.36. The van der Waals surface area contributed by atoms with Crippen molar-refractivity contribution in [3.63, 3.8) is 0 Å². The number of benzene rings is 7. The molecule has 52 heavy (non-hydrogen) atoms. The molecule has 1 aromatic heterocycles. The van der Waals surface area contributed by atoms with Crippen LogP contribution in [0.3, 0.4) is 0 Å². The quantitative estimate of drug-likeness (QED) is 0.198. The Hall–Kier alpha value is -5.68. The van der Waals surface area contributed by atoms with Gasteiger partial charge in [-0.15, -0.1) is 0 Å². The van der Waals surface area contributed by atoms with E-state index in [1.807, 2.05) is 23.5 Å². The van der Waals surface area contributed by atoms with Gasteiger partial charge in [-0.3, -0.25) is 0 Å². The minimum absolute atomic E-state index is 0.449. The summed E-state index contributed by atoms with van der Waals surface area (Å²) < 4.78 is 2.41. The van der Waals surface area contributed by atoms with Gasteiger partial charge in [-0.05, 0) is 93.6 Å². The first kappa shape index (κ1) is 30.0. The van der Waals surface area contributed by atoms with Crippen molar-refractivity contribution < 1.29 is 0 Å². The van der Waals surface area contributed by atoms with Gasteiger partial charge in [0.2, 0.25) is 0 Å². The SMILES string of the molecule is C1=CCNC(c2ccc3c(c2)Sc2ccccc2C32c3ccccc3Sc3cc(-c4cccc5c4c4ccccc4n5-c4ccccc4)ccc32)=C1. The molecule has 0 bridgehead atoms. The molecule has 4 heteroatoms. The summed E-state index contributed by atoms with van der Waals surface area (Å²) in [5.74, 6) is 0. The van der Waals surface area contributed by atoms with Crippen molar-refractivity contribution in [2.75, 3.05) is 6.54 Å². The molecule has 2 nitrogen and oxygen atoms in total. The number of para-hydroxylation sites is 2. The van der Waals surface area contributed by atoms with Crippen LogP contribution in [-0.4, -0.2) is 11.1 Å². The van der Waals surface area contributed by atoms with Gasteiger partial charge in [-0.1, -0.05) is 145 Å². The minimum Gasteiger partial charge on any atom is -0.381 e. The average molecular weight is 701 g/mol. The maximum atomic E-state index is 3.58. The summed E-state index contributed by atoms with van der Waals surface area (Å²) in [6, 6.07) is 58.9. The number of hydrogen-bond donors (Lipinski definition) is 1. The van der Waals surface area contributed by atoms with Crippen LogP contribution in [0.25, 0.3) is 44.3 Å². The van der Waals surface area contributed by atoms with Crippen molar-refractivity contribution in [3.05, 3.63) is 204 Å². The third kappa shape index (κ3) is 4.28. The van der Waals surface area contributed by atoms with Gasteiger partial charge in [-0.2, -0.15) is 0 Å². The average Bonchev–Trinajstić information content (AvgIpc) is 3.56. The summed E-state index contributed by atoms with van der Waals surface area (Å²) in [7, 11) is 0. The van der Waals surface area contributed by atoms with E-state index in [0.717, 1.165) is 6.54 Å².